The second-order valence-corrected chi connectivity index (χ2v) is 8.46. The molecule has 1 aliphatic heterocycles. The lowest BCUT2D eigenvalue weighted by Gasteiger charge is -2.22. The van der Waals surface area contributed by atoms with E-state index >= 15 is 0 Å². The number of para-hydroxylation sites is 1. The third-order valence-electron chi connectivity index (χ3n) is 5.13. The Morgan fingerprint density at radius 1 is 1.21 bits per heavy atom. The van der Waals surface area contributed by atoms with Gasteiger partial charge < -0.3 is 30.7 Å². The molecule has 4 N–H and O–H groups in total. The SMILES string of the molecule is CCOCCNC(=O)[C@@H]1CC(=O)N[C@H](CC(C)C)C(=O)NCCCOc2ccccc2C(=O)N1. The van der Waals surface area contributed by atoms with Gasteiger partial charge in [-0.1, -0.05) is 26.0 Å². The molecular weight excluding hydrogens is 440 g/mol. The first kappa shape index (κ1) is 27.1. The third kappa shape index (κ3) is 9.01. The highest BCUT2D eigenvalue weighted by Crippen LogP contribution is 2.18. The zero-order valence-electron chi connectivity index (χ0n) is 20.1. The molecule has 0 saturated heterocycles. The van der Waals surface area contributed by atoms with E-state index in [2.05, 4.69) is 21.3 Å². The van der Waals surface area contributed by atoms with Gasteiger partial charge in [0.1, 0.15) is 17.8 Å². The molecule has 0 radical (unpaired) electrons. The molecule has 0 bridgehead atoms. The minimum absolute atomic E-state index is 0.160. The fraction of sp³-hybridized carbons (Fsp3) is 0.583. The summed E-state index contributed by atoms with van der Waals surface area (Å²) in [5, 5.41) is 10.9. The molecule has 10 nitrogen and oxygen atoms in total. The molecule has 2 atom stereocenters. The number of hydrogen-bond donors (Lipinski definition) is 4. The summed E-state index contributed by atoms with van der Waals surface area (Å²) in [7, 11) is 0. The van der Waals surface area contributed by atoms with Crippen molar-refractivity contribution in [2.24, 2.45) is 5.92 Å². The molecule has 4 amide bonds. The standard InChI is InChI=1S/C24H36N4O6/c1-4-33-13-11-26-24(32)19-15-21(29)27-18(14-16(2)3)23(31)25-10-7-12-34-20-9-6-5-8-17(20)22(30)28-19/h5-6,8-9,16,18-19H,4,7,10-15H2,1-3H3,(H,25,31)(H,26,32)(H,27,29)(H,28,30)/t18-,19+/m1/s1. The molecule has 0 fully saturated rings. The number of fused-ring (bicyclic) bond motifs is 1. The van der Waals surface area contributed by atoms with Crippen molar-refractivity contribution in [1.82, 2.24) is 21.3 Å². The van der Waals surface area contributed by atoms with Gasteiger partial charge in [-0.25, -0.2) is 0 Å². The summed E-state index contributed by atoms with van der Waals surface area (Å²) in [5.41, 5.74) is 0.256. The van der Waals surface area contributed by atoms with E-state index in [1.165, 1.54) is 0 Å². The van der Waals surface area contributed by atoms with Crippen molar-refractivity contribution in [2.45, 2.75) is 52.1 Å². The van der Waals surface area contributed by atoms with Crippen molar-refractivity contribution < 1.29 is 28.7 Å². The van der Waals surface area contributed by atoms with Gasteiger partial charge in [-0.2, -0.15) is 0 Å². The van der Waals surface area contributed by atoms with E-state index in [0.717, 1.165) is 0 Å². The number of hydrogen-bond acceptors (Lipinski definition) is 6. The van der Waals surface area contributed by atoms with Crippen LogP contribution in [0.3, 0.4) is 0 Å². The number of carbonyl (C=O) groups excluding carboxylic acids is 4. The number of ether oxygens (including phenoxy) is 2. The molecule has 1 aromatic carbocycles. The van der Waals surface area contributed by atoms with Crippen LogP contribution in [0.2, 0.25) is 0 Å². The molecule has 1 aliphatic rings. The topological polar surface area (TPSA) is 135 Å². The van der Waals surface area contributed by atoms with Crippen LogP contribution in [-0.2, 0) is 19.1 Å². The average Bonchev–Trinajstić information content (AvgIpc) is 2.80. The van der Waals surface area contributed by atoms with E-state index in [1.807, 2.05) is 20.8 Å². The van der Waals surface area contributed by atoms with Crippen molar-refractivity contribution >= 4 is 23.6 Å². The van der Waals surface area contributed by atoms with Crippen molar-refractivity contribution in [3.05, 3.63) is 29.8 Å². The summed E-state index contributed by atoms with van der Waals surface area (Å²) in [4.78, 5) is 51.3. The maximum atomic E-state index is 13.0. The number of amides is 4. The first-order valence-corrected chi connectivity index (χ1v) is 11.8. The zero-order chi connectivity index (χ0) is 24.9. The number of carbonyl (C=O) groups is 4. The Morgan fingerprint density at radius 2 is 1.97 bits per heavy atom. The van der Waals surface area contributed by atoms with E-state index in [9.17, 15) is 19.2 Å². The zero-order valence-corrected chi connectivity index (χ0v) is 20.1. The van der Waals surface area contributed by atoms with Crippen LogP contribution in [0.5, 0.6) is 5.75 Å². The highest BCUT2D eigenvalue weighted by atomic mass is 16.5. The van der Waals surface area contributed by atoms with Crippen LogP contribution in [0.4, 0.5) is 0 Å². The minimum atomic E-state index is -1.14. The molecule has 0 aliphatic carbocycles. The lowest BCUT2D eigenvalue weighted by Crippen LogP contribution is -2.52. The highest BCUT2D eigenvalue weighted by molar-refractivity contribution is 6.01. The second kappa shape index (κ2) is 14.2. The van der Waals surface area contributed by atoms with Crippen LogP contribution in [0.15, 0.2) is 24.3 Å². The largest absolute Gasteiger partial charge is 0.493 e. The van der Waals surface area contributed by atoms with Crippen LogP contribution < -0.4 is 26.0 Å². The monoisotopic (exact) mass is 476 g/mol. The first-order chi connectivity index (χ1) is 16.3. The molecule has 2 rings (SSSR count). The molecule has 1 heterocycles. The summed E-state index contributed by atoms with van der Waals surface area (Å²) in [5.74, 6) is -1.33. The molecule has 188 valence electrons. The van der Waals surface area contributed by atoms with E-state index < -0.39 is 29.8 Å². The van der Waals surface area contributed by atoms with Crippen molar-refractivity contribution in [1.29, 1.82) is 0 Å². The molecular formula is C24H36N4O6. The molecule has 0 spiro atoms. The Balaban J connectivity index is 2.26. The highest BCUT2D eigenvalue weighted by Gasteiger charge is 2.28. The van der Waals surface area contributed by atoms with Crippen LogP contribution in [0.1, 0.15) is 50.4 Å². The van der Waals surface area contributed by atoms with Gasteiger partial charge in [0.2, 0.25) is 17.7 Å². The second-order valence-electron chi connectivity index (χ2n) is 8.46. The number of rotatable bonds is 7. The molecule has 34 heavy (non-hydrogen) atoms. The van der Waals surface area contributed by atoms with Crippen LogP contribution in [-0.4, -0.2) is 68.6 Å². The van der Waals surface area contributed by atoms with Crippen LogP contribution >= 0.6 is 0 Å². The van der Waals surface area contributed by atoms with Gasteiger partial charge in [0.25, 0.3) is 5.91 Å². The van der Waals surface area contributed by atoms with E-state index in [1.54, 1.807) is 24.3 Å². The number of benzene rings is 1. The van der Waals surface area contributed by atoms with Gasteiger partial charge in [0.15, 0.2) is 0 Å². The normalized spacial score (nSPS) is 20.1. The van der Waals surface area contributed by atoms with Gasteiger partial charge in [-0.3, -0.25) is 19.2 Å². The number of nitrogens with one attached hydrogen (secondary N) is 4. The van der Waals surface area contributed by atoms with Gasteiger partial charge in [-0.05, 0) is 37.8 Å². The van der Waals surface area contributed by atoms with Crippen molar-refractivity contribution in [2.75, 3.05) is 32.9 Å². The van der Waals surface area contributed by atoms with Crippen LogP contribution in [0.25, 0.3) is 0 Å². The lowest BCUT2D eigenvalue weighted by molar-refractivity contribution is -0.131. The Labute approximate surface area is 200 Å². The molecule has 1 aromatic rings. The summed E-state index contributed by atoms with van der Waals surface area (Å²) in [6.07, 6.45) is 0.642. The van der Waals surface area contributed by atoms with E-state index in [4.69, 9.17) is 9.47 Å². The lowest BCUT2D eigenvalue weighted by atomic mass is 10.0. The summed E-state index contributed by atoms with van der Waals surface area (Å²) < 4.78 is 11.0. The predicted molar refractivity (Wildman–Crippen MR) is 126 cm³/mol. The fourth-order valence-corrected chi connectivity index (χ4v) is 3.47. The Hall–Kier alpha value is -3.14. The van der Waals surface area contributed by atoms with Crippen LogP contribution in [0, 0.1) is 5.92 Å². The molecule has 10 heteroatoms. The molecule has 0 saturated carbocycles. The minimum Gasteiger partial charge on any atom is -0.493 e. The van der Waals surface area contributed by atoms with Crippen molar-refractivity contribution in [3.63, 3.8) is 0 Å². The molecule has 0 aromatic heterocycles. The van der Waals surface area contributed by atoms with Crippen molar-refractivity contribution in [3.8, 4) is 5.75 Å². The predicted octanol–water partition coefficient (Wildman–Crippen LogP) is 0.757. The maximum Gasteiger partial charge on any atom is 0.255 e. The summed E-state index contributed by atoms with van der Waals surface area (Å²) >= 11 is 0. The maximum absolute atomic E-state index is 13.0. The van der Waals surface area contributed by atoms with Gasteiger partial charge >= 0.3 is 0 Å². The van der Waals surface area contributed by atoms with E-state index in [-0.39, 0.29) is 37.0 Å². The Morgan fingerprint density at radius 3 is 2.71 bits per heavy atom. The summed E-state index contributed by atoms with van der Waals surface area (Å²) in [6.45, 7) is 7.45. The van der Waals surface area contributed by atoms with Gasteiger partial charge in [0.05, 0.1) is 25.2 Å². The molecule has 0 unspecified atom stereocenters. The van der Waals surface area contributed by atoms with Gasteiger partial charge in [0, 0.05) is 19.7 Å². The quantitative estimate of drug-likeness (QED) is 0.429. The summed E-state index contributed by atoms with van der Waals surface area (Å²) in [6, 6.07) is 4.80. The Kier molecular flexibility index (Phi) is 11.3. The Bertz CT molecular complexity index is 845. The fourth-order valence-electron chi connectivity index (χ4n) is 3.47. The average molecular weight is 477 g/mol. The smallest absolute Gasteiger partial charge is 0.255 e. The third-order valence-corrected chi connectivity index (χ3v) is 5.13. The van der Waals surface area contributed by atoms with Gasteiger partial charge in [-0.15, -0.1) is 0 Å². The first-order valence-electron chi connectivity index (χ1n) is 11.8. The van der Waals surface area contributed by atoms with E-state index in [0.29, 0.717) is 38.3 Å².